The molecule has 1 heterocycles. The molecule has 0 unspecified atom stereocenters. The Labute approximate surface area is 84.9 Å². The lowest BCUT2D eigenvalue weighted by atomic mass is 10.4. The molecular weight excluding hydrogens is 267 g/mol. The van der Waals surface area contributed by atoms with Crippen LogP contribution in [0, 0.1) is 3.57 Å². The molecular formula is C8H11IN2O. The highest BCUT2D eigenvalue weighted by Crippen LogP contribution is 1.97. The van der Waals surface area contributed by atoms with Crippen molar-refractivity contribution in [1.82, 2.24) is 9.88 Å². The lowest BCUT2D eigenvalue weighted by molar-refractivity contribution is 0.625. The van der Waals surface area contributed by atoms with E-state index in [-0.39, 0.29) is 5.56 Å². The van der Waals surface area contributed by atoms with Gasteiger partial charge in [-0.05, 0) is 35.7 Å². The Bertz CT molecular complexity index is 308. The van der Waals surface area contributed by atoms with Crippen LogP contribution in [0.4, 0.5) is 0 Å². The predicted octanol–water partition coefficient (Wildman–Crippen LogP) is 0.672. The minimum atomic E-state index is 0.0668. The highest BCUT2D eigenvalue weighted by atomic mass is 127. The first-order valence-electron chi connectivity index (χ1n) is 3.74. The van der Waals surface area contributed by atoms with Crippen molar-refractivity contribution < 1.29 is 0 Å². The van der Waals surface area contributed by atoms with Gasteiger partial charge < -0.3 is 9.88 Å². The summed E-state index contributed by atoms with van der Waals surface area (Å²) in [5, 5.41) is 3.00. The van der Waals surface area contributed by atoms with E-state index in [2.05, 4.69) is 27.9 Å². The maximum atomic E-state index is 11.3. The third-order valence-electron chi connectivity index (χ3n) is 1.56. The zero-order chi connectivity index (χ0) is 8.97. The minimum Gasteiger partial charge on any atom is -0.318 e. The smallest absolute Gasteiger partial charge is 0.251 e. The lowest BCUT2D eigenvalue weighted by Crippen LogP contribution is -2.24. The molecule has 12 heavy (non-hydrogen) atoms. The topological polar surface area (TPSA) is 34.0 Å². The molecule has 0 amide bonds. The standard InChI is InChI=1S/C8H11IN2O/c1-10-3-5-11-4-2-7(9)6-8(11)12/h2,4,6,10H,3,5H2,1H3. The van der Waals surface area contributed by atoms with Crippen LogP contribution in [-0.4, -0.2) is 18.2 Å². The summed E-state index contributed by atoms with van der Waals surface area (Å²) in [6, 6.07) is 3.56. The van der Waals surface area contributed by atoms with Crippen LogP contribution in [0.25, 0.3) is 0 Å². The van der Waals surface area contributed by atoms with Gasteiger partial charge in [-0.25, -0.2) is 0 Å². The molecule has 0 fully saturated rings. The number of nitrogens with zero attached hydrogens (tertiary/aromatic N) is 1. The second-order valence-corrected chi connectivity index (χ2v) is 3.73. The number of pyridine rings is 1. The van der Waals surface area contributed by atoms with E-state index in [1.54, 1.807) is 10.6 Å². The molecule has 3 nitrogen and oxygen atoms in total. The quantitative estimate of drug-likeness (QED) is 0.825. The summed E-state index contributed by atoms with van der Waals surface area (Å²) in [4.78, 5) is 11.3. The van der Waals surface area contributed by atoms with E-state index in [4.69, 9.17) is 0 Å². The van der Waals surface area contributed by atoms with Crippen molar-refractivity contribution in [2.45, 2.75) is 6.54 Å². The number of rotatable bonds is 3. The Kier molecular flexibility index (Phi) is 3.74. The second kappa shape index (κ2) is 4.61. The number of hydrogen-bond donors (Lipinski definition) is 1. The van der Waals surface area contributed by atoms with E-state index in [0.29, 0.717) is 0 Å². The van der Waals surface area contributed by atoms with Gasteiger partial charge in [-0.15, -0.1) is 0 Å². The summed E-state index contributed by atoms with van der Waals surface area (Å²) < 4.78 is 2.68. The molecule has 0 atom stereocenters. The van der Waals surface area contributed by atoms with Gasteiger partial charge in [0.25, 0.3) is 5.56 Å². The van der Waals surface area contributed by atoms with Crippen LogP contribution in [0.2, 0.25) is 0 Å². The van der Waals surface area contributed by atoms with E-state index in [0.717, 1.165) is 16.7 Å². The first-order chi connectivity index (χ1) is 5.74. The van der Waals surface area contributed by atoms with Crippen LogP contribution in [0.1, 0.15) is 0 Å². The van der Waals surface area contributed by atoms with Gasteiger partial charge in [-0.2, -0.15) is 0 Å². The zero-order valence-corrected chi connectivity index (χ0v) is 9.04. The zero-order valence-electron chi connectivity index (χ0n) is 6.88. The van der Waals surface area contributed by atoms with E-state index in [1.807, 2.05) is 19.3 Å². The van der Waals surface area contributed by atoms with Crippen LogP contribution in [0.5, 0.6) is 0 Å². The molecule has 1 rings (SSSR count). The van der Waals surface area contributed by atoms with E-state index < -0.39 is 0 Å². The fourth-order valence-electron chi connectivity index (χ4n) is 0.901. The molecule has 1 aromatic heterocycles. The summed E-state index contributed by atoms with van der Waals surface area (Å²) in [5.74, 6) is 0. The number of halogens is 1. The van der Waals surface area contributed by atoms with Gasteiger partial charge in [-0.3, -0.25) is 4.79 Å². The van der Waals surface area contributed by atoms with Crippen molar-refractivity contribution in [2.24, 2.45) is 0 Å². The van der Waals surface area contributed by atoms with Crippen molar-refractivity contribution in [3.05, 3.63) is 32.3 Å². The van der Waals surface area contributed by atoms with Gasteiger partial charge in [0.05, 0.1) is 0 Å². The molecule has 66 valence electrons. The van der Waals surface area contributed by atoms with Crippen molar-refractivity contribution in [2.75, 3.05) is 13.6 Å². The number of aromatic nitrogens is 1. The summed E-state index contributed by atoms with van der Waals surface area (Å²) in [5.41, 5.74) is 0.0668. The van der Waals surface area contributed by atoms with Crippen LogP contribution in [-0.2, 0) is 6.54 Å². The van der Waals surface area contributed by atoms with Crippen LogP contribution in [0.3, 0.4) is 0 Å². The van der Waals surface area contributed by atoms with Gasteiger partial charge in [0.15, 0.2) is 0 Å². The Morgan fingerprint density at radius 2 is 2.42 bits per heavy atom. The molecule has 0 spiro atoms. The monoisotopic (exact) mass is 278 g/mol. The van der Waals surface area contributed by atoms with Crippen LogP contribution in [0.15, 0.2) is 23.1 Å². The summed E-state index contributed by atoms with van der Waals surface area (Å²) >= 11 is 2.13. The molecule has 0 radical (unpaired) electrons. The number of likely N-dealkylation sites (N-methyl/N-ethyl adjacent to an activating group) is 1. The fraction of sp³-hybridized carbons (Fsp3) is 0.375. The van der Waals surface area contributed by atoms with Crippen molar-refractivity contribution in [1.29, 1.82) is 0 Å². The summed E-state index contributed by atoms with van der Waals surface area (Å²) in [6.45, 7) is 1.55. The molecule has 1 N–H and O–H groups in total. The molecule has 0 saturated carbocycles. The highest BCUT2D eigenvalue weighted by molar-refractivity contribution is 14.1. The van der Waals surface area contributed by atoms with Crippen LogP contribution < -0.4 is 10.9 Å². The van der Waals surface area contributed by atoms with Gasteiger partial charge in [-0.1, -0.05) is 0 Å². The van der Waals surface area contributed by atoms with Gasteiger partial charge in [0.1, 0.15) is 0 Å². The largest absolute Gasteiger partial charge is 0.318 e. The van der Waals surface area contributed by atoms with Crippen LogP contribution >= 0.6 is 22.6 Å². The summed E-state index contributed by atoms with van der Waals surface area (Å²) in [6.07, 6.45) is 1.82. The first kappa shape index (κ1) is 9.73. The molecule has 0 aliphatic carbocycles. The van der Waals surface area contributed by atoms with E-state index in [1.165, 1.54) is 0 Å². The van der Waals surface area contributed by atoms with E-state index in [9.17, 15) is 4.79 Å². The average molecular weight is 278 g/mol. The minimum absolute atomic E-state index is 0.0668. The molecule has 0 aliphatic rings. The SMILES string of the molecule is CNCCn1ccc(I)cc1=O. The molecule has 1 aromatic rings. The Morgan fingerprint density at radius 1 is 1.67 bits per heavy atom. The molecule has 0 bridgehead atoms. The number of hydrogen-bond acceptors (Lipinski definition) is 2. The predicted molar refractivity (Wildman–Crippen MR) is 57.3 cm³/mol. The Morgan fingerprint density at radius 3 is 3.00 bits per heavy atom. The van der Waals surface area contributed by atoms with Gasteiger partial charge >= 0.3 is 0 Å². The fourth-order valence-corrected chi connectivity index (χ4v) is 1.33. The highest BCUT2D eigenvalue weighted by Gasteiger charge is 1.94. The Hall–Kier alpha value is -0.360. The normalized spacial score (nSPS) is 10.2. The Balaban J connectivity index is 2.80. The molecule has 0 aromatic carbocycles. The lowest BCUT2D eigenvalue weighted by Gasteiger charge is -2.03. The maximum absolute atomic E-state index is 11.3. The average Bonchev–Trinajstić information content (AvgIpc) is 2.03. The van der Waals surface area contributed by atoms with Crippen molar-refractivity contribution >= 4 is 22.6 Å². The number of nitrogens with one attached hydrogen (secondary N) is 1. The second-order valence-electron chi connectivity index (χ2n) is 2.48. The molecule has 0 aliphatic heterocycles. The molecule has 0 saturated heterocycles. The summed E-state index contributed by atoms with van der Waals surface area (Å²) in [7, 11) is 1.87. The maximum Gasteiger partial charge on any atom is 0.251 e. The van der Waals surface area contributed by atoms with Crippen molar-refractivity contribution in [3.8, 4) is 0 Å². The van der Waals surface area contributed by atoms with E-state index >= 15 is 0 Å². The third-order valence-corrected chi connectivity index (χ3v) is 2.23. The van der Waals surface area contributed by atoms with Gasteiger partial charge in [0.2, 0.25) is 0 Å². The molecule has 4 heteroatoms. The third kappa shape index (κ3) is 2.60. The van der Waals surface area contributed by atoms with Crippen molar-refractivity contribution in [3.63, 3.8) is 0 Å². The van der Waals surface area contributed by atoms with Gasteiger partial charge in [0, 0.05) is 28.9 Å². The first-order valence-corrected chi connectivity index (χ1v) is 4.82.